The lowest BCUT2D eigenvalue weighted by atomic mass is 10.1. The van der Waals surface area contributed by atoms with Crippen molar-refractivity contribution in [3.8, 4) is 68.5 Å². The Labute approximate surface area is 343 Å². The Hall–Kier alpha value is -8.12. The van der Waals surface area contributed by atoms with Gasteiger partial charge in [-0.3, -0.25) is 0 Å². The molecule has 0 atom stereocenters. The molecule has 290 valence electrons. The summed E-state index contributed by atoms with van der Waals surface area (Å²) in [5, 5.41) is 3.44. The first-order valence-corrected chi connectivity index (χ1v) is 19.5. The lowest BCUT2D eigenvalue weighted by Crippen LogP contribution is -2.08. The molecule has 0 saturated carbocycles. The Morgan fingerprint density at radius 2 is 0.767 bits per heavy atom. The predicted octanol–water partition coefficient (Wildman–Crippen LogP) is 10.6. The maximum absolute atomic E-state index is 6.44. The third kappa shape index (κ3) is 6.09. The van der Waals surface area contributed by atoms with E-state index in [0.29, 0.717) is 63.1 Å². The van der Waals surface area contributed by atoms with Gasteiger partial charge in [-0.15, -0.1) is 0 Å². The Balaban J connectivity index is 1.17. The second-order valence-corrected chi connectivity index (χ2v) is 15.1. The monoisotopic (exact) mass is 784 g/mol. The molecule has 0 aliphatic carbocycles. The maximum Gasteiger partial charge on any atom is 0.164 e. The average molecular weight is 785 g/mol. The molecule has 8 bridgehead atoms. The molecular formula is C48H36N10O2. The van der Waals surface area contributed by atoms with Gasteiger partial charge in [0.1, 0.15) is 45.6 Å². The van der Waals surface area contributed by atoms with E-state index < -0.39 is 0 Å². The summed E-state index contributed by atoms with van der Waals surface area (Å²) in [5.41, 5.74) is 7.79. The van der Waals surface area contributed by atoms with Gasteiger partial charge in [0.05, 0.1) is 0 Å². The smallest absolute Gasteiger partial charge is 0.164 e. The summed E-state index contributed by atoms with van der Waals surface area (Å²) in [6.07, 6.45) is 0. The van der Waals surface area contributed by atoms with E-state index in [1.807, 2.05) is 171 Å². The summed E-state index contributed by atoms with van der Waals surface area (Å²) in [6, 6.07) is 43.8. The van der Waals surface area contributed by atoms with E-state index in [-0.39, 0.29) is 0 Å². The highest BCUT2D eigenvalue weighted by Gasteiger charge is 2.23. The summed E-state index contributed by atoms with van der Waals surface area (Å²) >= 11 is 0. The van der Waals surface area contributed by atoms with E-state index in [4.69, 9.17) is 39.4 Å². The van der Waals surface area contributed by atoms with Gasteiger partial charge in [0.2, 0.25) is 0 Å². The molecule has 9 aromatic rings. The molecule has 0 amide bonds. The van der Waals surface area contributed by atoms with E-state index in [1.165, 1.54) is 0 Å². The van der Waals surface area contributed by atoms with Gasteiger partial charge in [0.15, 0.2) is 23.3 Å². The van der Waals surface area contributed by atoms with Gasteiger partial charge >= 0.3 is 0 Å². The summed E-state index contributed by atoms with van der Waals surface area (Å²) in [5.74, 6) is 4.77. The highest BCUT2D eigenvalue weighted by Crippen LogP contribution is 2.40. The van der Waals surface area contributed by atoms with Crippen LogP contribution in [0.4, 0.5) is 11.4 Å². The molecule has 12 nitrogen and oxygen atoms in total. The minimum absolute atomic E-state index is 0.471. The molecule has 2 aliphatic rings. The second-order valence-electron chi connectivity index (χ2n) is 15.1. The molecule has 2 aliphatic heterocycles. The van der Waals surface area contributed by atoms with Crippen LogP contribution in [0.15, 0.2) is 133 Å². The van der Waals surface area contributed by atoms with Crippen LogP contribution in [0.2, 0.25) is 0 Å². The van der Waals surface area contributed by atoms with Crippen molar-refractivity contribution < 1.29 is 9.47 Å². The van der Waals surface area contributed by atoms with Crippen LogP contribution in [0.5, 0.6) is 23.0 Å². The molecule has 0 saturated heterocycles. The van der Waals surface area contributed by atoms with Crippen LogP contribution in [-0.2, 0) is 0 Å². The first-order chi connectivity index (χ1) is 29.3. The number of anilines is 2. The largest absolute Gasteiger partial charge is 0.457 e. The topological polar surface area (TPSA) is 134 Å². The Bertz CT molecular complexity index is 3370. The van der Waals surface area contributed by atoms with E-state index in [9.17, 15) is 0 Å². The normalized spacial score (nSPS) is 11.7. The predicted molar refractivity (Wildman–Crippen MR) is 238 cm³/mol. The van der Waals surface area contributed by atoms with Gasteiger partial charge in [0.25, 0.3) is 0 Å². The SMILES string of the molecule is CN(C)c1cccc(Oc2ccc3c(c2)-c2nc-3nc3[nH]c(nc4nc(nc5[nH]c(n2)c2ccc(Oc6cccc(N(C)C)c6)cc52)-c2ccccc2-4)c2ccccc32)c1. The highest BCUT2D eigenvalue weighted by molar-refractivity contribution is 6.06. The summed E-state index contributed by atoms with van der Waals surface area (Å²) in [7, 11) is 8.02. The van der Waals surface area contributed by atoms with Crippen LogP contribution in [0, 0.1) is 0 Å². The quantitative estimate of drug-likeness (QED) is 0.168. The lowest BCUT2D eigenvalue weighted by Gasteiger charge is -2.14. The maximum atomic E-state index is 6.44. The molecular weight excluding hydrogens is 749 g/mol. The minimum Gasteiger partial charge on any atom is -0.457 e. The number of H-pyrrole nitrogens is 2. The molecule has 60 heavy (non-hydrogen) atoms. The number of aromatic amines is 2. The first kappa shape index (κ1) is 35.1. The van der Waals surface area contributed by atoms with Gasteiger partial charge in [-0.25, -0.2) is 29.9 Å². The molecule has 5 heterocycles. The number of aromatic nitrogens is 8. The fraction of sp³-hybridized carbons (Fsp3) is 0.0833. The first-order valence-electron chi connectivity index (χ1n) is 19.5. The third-order valence-electron chi connectivity index (χ3n) is 10.7. The molecule has 0 radical (unpaired) electrons. The Morgan fingerprint density at radius 1 is 0.350 bits per heavy atom. The lowest BCUT2D eigenvalue weighted by molar-refractivity contribution is 0.483. The van der Waals surface area contributed by atoms with Crippen LogP contribution >= 0.6 is 0 Å². The number of hydrogen-bond acceptors (Lipinski definition) is 10. The van der Waals surface area contributed by atoms with Crippen molar-refractivity contribution in [2.24, 2.45) is 0 Å². The Morgan fingerprint density at radius 3 is 1.30 bits per heavy atom. The third-order valence-corrected chi connectivity index (χ3v) is 10.7. The average Bonchev–Trinajstić information content (AvgIpc) is 3.99. The van der Waals surface area contributed by atoms with Crippen molar-refractivity contribution in [2.75, 3.05) is 38.0 Å². The van der Waals surface area contributed by atoms with Gasteiger partial charge in [-0.1, -0.05) is 60.7 Å². The van der Waals surface area contributed by atoms with Crippen molar-refractivity contribution in [1.82, 2.24) is 39.9 Å². The number of ether oxygens (including phenoxy) is 2. The van der Waals surface area contributed by atoms with Gasteiger partial charge in [-0.2, -0.15) is 0 Å². The fourth-order valence-corrected chi connectivity index (χ4v) is 7.70. The number of nitrogens with zero attached hydrogens (tertiary/aromatic N) is 8. The molecule has 11 rings (SSSR count). The second kappa shape index (κ2) is 13.8. The standard InChI is InChI=1S/C48H36N10O2/c1-57(2)27-11-9-13-29(23-27)59-31-19-21-37-39(25-31)48-54-45(37)52-43-34-16-6-5-15-33(34)41(50-43)49-42-35-17-7-8-18-36(35)44(51-42)53-47-40-26-32(20-22-38(40)46(55-47)56-48)60-30-14-10-12-28(24-30)58(3)4/h5-26H,1-4H3,(H2,49,50,51,52,53,54,55,56). The van der Waals surface area contributed by atoms with E-state index in [2.05, 4.69) is 9.97 Å². The van der Waals surface area contributed by atoms with E-state index in [1.54, 1.807) is 0 Å². The van der Waals surface area contributed by atoms with Gasteiger partial charge in [-0.05, 0) is 60.7 Å². The van der Waals surface area contributed by atoms with Crippen LogP contribution in [0.3, 0.4) is 0 Å². The minimum atomic E-state index is 0.471. The number of fused-ring (bicyclic) bond motifs is 20. The van der Waals surface area contributed by atoms with E-state index >= 15 is 0 Å². The van der Waals surface area contributed by atoms with Crippen molar-refractivity contribution in [3.63, 3.8) is 0 Å². The van der Waals surface area contributed by atoms with Crippen LogP contribution < -0.4 is 19.3 Å². The number of nitrogens with one attached hydrogen (secondary N) is 2. The van der Waals surface area contributed by atoms with Crippen molar-refractivity contribution in [1.29, 1.82) is 0 Å². The zero-order chi connectivity index (χ0) is 40.5. The summed E-state index contributed by atoms with van der Waals surface area (Å²) < 4.78 is 12.9. The Kier molecular flexibility index (Phi) is 8.05. The molecule has 3 aromatic heterocycles. The fourth-order valence-electron chi connectivity index (χ4n) is 7.70. The molecule has 2 N–H and O–H groups in total. The van der Waals surface area contributed by atoms with Crippen molar-refractivity contribution in [2.45, 2.75) is 0 Å². The molecule has 0 fully saturated rings. The van der Waals surface area contributed by atoms with Crippen LogP contribution in [0.1, 0.15) is 0 Å². The van der Waals surface area contributed by atoms with Crippen LogP contribution in [0.25, 0.3) is 89.7 Å². The molecule has 0 spiro atoms. The highest BCUT2D eigenvalue weighted by atomic mass is 16.5. The van der Waals surface area contributed by atoms with E-state index in [0.717, 1.165) is 60.9 Å². The van der Waals surface area contributed by atoms with Crippen molar-refractivity contribution >= 4 is 55.5 Å². The molecule has 6 aromatic carbocycles. The number of rotatable bonds is 6. The summed E-state index contributed by atoms with van der Waals surface area (Å²) in [6.45, 7) is 0. The van der Waals surface area contributed by atoms with Gasteiger partial charge in [0, 0.05) is 95.5 Å². The molecule has 0 unspecified atom stereocenters. The zero-order valence-electron chi connectivity index (χ0n) is 33.1. The summed E-state index contributed by atoms with van der Waals surface area (Å²) in [4.78, 5) is 42.0. The molecule has 12 heteroatoms. The number of hydrogen-bond donors (Lipinski definition) is 2. The van der Waals surface area contributed by atoms with Crippen LogP contribution in [-0.4, -0.2) is 68.1 Å². The number of benzene rings is 6. The van der Waals surface area contributed by atoms with Crippen molar-refractivity contribution in [3.05, 3.63) is 133 Å². The zero-order valence-corrected chi connectivity index (χ0v) is 33.1. The van der Waals surface area contributed by atoms with Gasteiger partial charge < -0.3 is 29.2 Å².